The summed E-state index contributed by atoms with van der Waals surface area (Å²) in [7, 11) is 1.62. The largest absolute Gasteiger partial charge is 0.495 e. The maximum absolute atomic E-state index is 13.1. The van der Waals surface area contributed by atoms with Crippen molar-refractivity contribution in [2.75, 3.05) is 18.6 Å². The lowest BCUT2D eigenvalue weighted by atomic mass is 10.1. The highest BCUT2D eigenvalue weighted by molar-refractivity contribution is 6.31. The summed E-state index contributed by atoms with van der Waals surface area (Å²) in [6.07, 6.45) is 1.85. The molecule has 4 rings (SSSR count). The average Bonchev–Trinajstić information content (AvgIpc) is 3.18. The van der Waals surface area contributed by atoms with Crippen LogP contribution in [0.5, 0.6) is 5.75 Å². The Kier molecular flexibility index (Phi) is 3.94. The number of halogens is 1. The van der Waals surface area contributed by atoms with E-state index in [1.54, 1.807) is 13.2 Å². The molecule has 1 amide bonds. The van der Waals surface area contributed by atoms with Crippen molar-refractivity contribution in [3.05, 3.63) is 59.1 Å². The third-order valence-electron chi connectivity index (χ3n) is 4.87. The summed E-state index contributed by atoms with van der Waals surface area (Å²) in [5.74, 6) is 0.789. The standard InChI is InChI=1S/C19H19ClN2O2/c1-24-17-10-9-14(20)12-16(17)22-18(13-6-3-2-4-7-13)21-11-5-8-15(21)19(22)23/h2-4,6-7,9-10,12,15,18H,5,8,11H2,1H3. The van der Waals surface area contributed by atoms with E-state index in [9.17, 15) is 4.79 Å². The highest BCUT2D eigenvalue weighted by atomic mass is 35.5. The first kappa shape index (κ1) is 15.5. The zero-order valence-corrected chi connectivity index (χ0v) is 14.2. The SMILES string of the molecule is COc1ccc(Cl)cc1N1C(=O)C2CCCN2C1c1ccccc1. The maximum Gasteiger partial charge on any atom is 0.246 e. The van der Waals surface area contributed by atoms with E-state index in [1.807, 2.05) is 35.2 Å². The van der Waals surface area contributed by atoms with Gasteiger partial charge in [-0.15, -0.1) is 0 Å². The lowest BCUT2D eigenvalue weighted by Crippen LogP contribution is -2.32. The number of amides is 1. The minimum absolute atomic E-state index is 0.0566. The minimum Gasteiger partial charge on any atom is -0.495 e. The molecule has 2 aromatic rings. The fourth-order valence-corrected chi connectivity index (χ4v) is 4.01. The van der Waals surface area contributed by atoms with Crippen LogP contribution in [0.4, 0.5) is 5.69 Å². The van der Waals surface area contributed by atoms with Crippen molar-refractivity contribution < 1.29 is 9.53 Å². The van der Waals surface area contributed by atoms with Crippen molar-refractivity contribution in [1.29, 1.82) is 0 Å². The molecule has 0 N–H and O–H groups in total. The molecule has 2 heterocycles. The molecule has 2 aromatic carbocycles. The van der Waals surface area contributed by atoms with E-state index in [0.717, 1.165) is 30.6 Å². The van der Waals surface area contributed by atoms with E-state index in [2.05, 4.69) is 17.0 Å². The number of anilines is 1. The van der Waals surface area contributed by atoms with Gasteiger partial charge in [0.15, 0.2) is 0 Å². The first-order chi connectivity index (χ1) is 11.7. The maximum atomic E-state index is 13.1. The summed E-state index contributed by atoms with van der Waals surface area (Å²) in [5, 5.41) is 0.595. The molecule has 0 radical (unpaired) electrons. The number of carbonyl (C=O) groups excluding carboxylic acids is 1. The second-order valence-electron chi connectivity index (χ2n) is 6.20. The number of benzene rings is 2. The molecule has 2 aliphatic rings. The lowest BCUT2D eigenvalue weighted by molar-refractivity contribution is -0.119. The van der Waals surface area contributed by atoms with Gasteiger partial charge >= 0.3 is 0 Å². The van der Waals surface area contributed by atoms with Gasteiger partial charge in [-0.2, -0.15) is 0 Å². The first-order valence-electron chi connectivity index (χ1n) is 8.18. The Bertz CT molecular complexity index is 765. The molecule has 2 atom stereocenters. The molecule has 24 heavy (non-hydrogen) atoms. The highest BCUT2D eigenvalue weighted by Crippen LogP contribution is 2.45. The Morgan fingerprint density at radius 2 is 1.96 bits per heavy atom. The van der Waals surface area contributed by atoms with Gasteiger partial charge in [-0.25, -0.2) is 0 Å². The van der Waals surface area contributed by atoms with Crippen LogP contribution in [0.2, 0.25) is 5.02 Å². The van der Waals surface area contributed by atoms with Crippen LogP contribution in [0.1, 0.15) is 24.6 Å². The van der Waals surface area contributed by atoms with E-state index < -0.39 is 0 Å². The number of ether oxygens (including phenoxy) is 1. The van der Waals surface area contributed by atoms with Crippen molar-refractivity contribution >= 4 is 23.2 Å². The topological polar surface area (TPSA) is 32.8 Å². The Morgan fingerprint density at radius 3 is 2.71 bits per heavy atom. The van der Waals surface area contributed by atoms with Crippen LogP contribution in [0.25, 0.3) is 0 Å². The molecule has 2 unspecified atom stereocenters. The normalized spacial score (nSPS) is 23.6. The third-order valence-corrected chi connectivity index (χ3v) is 5.11. The summed E-state index contributed by atoms with van der Waals surface area (Å²) in [5.41, 5.74) is 1.84. The van der Waals surface area contributed by atoms with Crippen LogP contribution in [-0.4, -0.2) is 30.5 Å². The number of methoxy groups -OCH3 is 1. The molecular formula is C19H19ClN2O2. The van der Waals surface area contributed by atoms with Gasteiger partial charge in [0.25, 0.3) is 0 Å². The zero-order chi connectivity index (χ0) is 16.7. The van der Waals surface area contributed by atoms with Crippen LogP contribution in [-0.2, 0) is 4.79 Å². The van der Waals surface area contributed by atoms with Crippen molar-refractivity contribution in [2.45, 2.75) is 25.0 Å². The summed E-state index contributed by atoms with van der Waals surface area (Å²) in [6, 6.07) is 15.5. The van der Waals surface area contributed by atoms with Gasteiger partial charge in [-0.1, -0.05) is 41.9 Å². The summed E-state index contributed by atoms with van der Waals surface area (Å²) >= 11 is 6.21. The summed E-state index contributed by atoms with van der Waals surface area (Å²) < 4.78 is 5.50. The van der Waals surface area contributed by atoms with Crippen molar-refractivity contribution in [2.24, 2.45) is 0 Å². The predicted molar refractivity (Wildman–Crippen MR) is 94.4 cm³/mol. The fourth-order valence-electron chi connectivity index (χ4n) is 3.84. The zero-order valence-electron chi connectivity index (χ0n) is 13.5. The summed E-state index contributed by atoms with van der Waals surface area (Å²) in [4.78, 5) is 17.3. The van der Waals surface area contributed by atoms with Gasteiger partial charge in [0.1, 0.15) is 11.9 Å². The molecule has 2 fully saturated rings. The van der Waals surface area contributed by atoms with Crippen molar-refractivity contribution in [3.63, 3.8) is 0 Å². The summed E-state index contributed by atoms with van der Waals surface area (Å²) in [6.45, 7) is 0.926. The monoisotopic (exact) mass is 342 g/mol. The van der Waals surface area contributed by atoms with Crippen LogP contribution in [0.3, 0.4) is 0 Å². The van der Waals surface area contributed by atoms with Crippen molar-refractivity contribution in [1.82, 2.24) is 4.90 Å². The molecular weight excluding hydrogens is 324 g/mol. The number of hydrogen-bond donors (Lipinski definition) is 0. The molecule has 0 saturated carbocycles. The second kappa shape index (κ2) is 6.11. The number of hydrogen-bond acceptors (Lipinski definition) is 3. The number of carbonyl (C=O) groups is 1. The van der Waals surface area contributed by atoms with Crippen LogP contribution in [0.15, 0.2) is 48.5 Å². The van der Waals surface area contributed by atoms with Crippen LogP contribution in [0, 0.1) is 0 Å². The van der Waals surface area contributed by atoms with E-state index >= 15 is 0 Å². The van der Waals surface area contributed by atoms with E-state index in [4.69, 9.17) is 16.3 Å². The molecule has 0 spiro atoms. The minimum atomic E-state index is -0.112. The Hall–Kier alpha value is -2.04. The number of rotatable bonds is 3. The van der Waals surface area contributed by atoms with Gasteiger partial charge in [-0.05, 0) is 36.6 Å². The molecule has 2 saturated heterocycles. The Morgan fingerprint density at radius 1 is 1.17 bits per heavy atom. The Labute approximate surface area is 146 Å². The van der Waals surface area contributed by atoms with Crippen LogP contribution >= 0.6 is 11.6 Å². The molecule has 0 aliphatic carbocycles. The predicted octanol–water partition coefficient (Wildman–Crippen LogP) is 3.86. The van der Waals surface area contributed by atoms with Crippen LogP contribution < -0.4 is 9.64 Å². The molecule has 124 valence electrons. The van der Waals surface area contributed by atoms with Gasteiger partial charge in [-0.3, -0.25) is 14.6 Å². The molecule has 0 aromatic heterocycles. The van der Waals surface area contributed by atoms with Gasteiger partial charge in [0, 0.05) is 11.6 Å². The molecule has 4 nitrogen and oxygen atoms in total. The molecule has 0 bridgehead atoms. The fraction of sp³-hybridized carbons (Fsp3) is 0.316. The van der Waals surface area contributed by atoms with Crippen molar-refractivity contribution in [3.8, 4) is 5.75 Å². The lowest BCUT2D eigenvalue weighted by Gasteiger charge is -2.30. The average molecular weight is 343 g/mol. The Balaban J connectivity index is 1.86. The van der Waals surface area contributed by atoms with Gasteiger partial charge in [0.2, 0.25) is 5.91 Å². The van der Waals surface area contributed by atoms with E-state index in [0.29, 0.717) is 10.8 Å². The van der Waals surface area contributed by atoms with E-state index in [-0.39, 0.29) is 18.1 Å². The highest BCUT2D eigenvalue weighted by Gasteiger charge is 2.49. The number of fused-ring (bicyclic) bond motifs is 1. The number of nitrogens with zero attached hydrogens (tertiary/aromatic N) is 2. The van der Waals surface area contributed by atoms with Gasteiger partial charge < -0.3 is 4.74 Å². The quantitative estimate of drug-likeness (QED) is 0.849. The van der Waals surface area contributed by atoms with E-state index in [1.165, 1.54) is 0 Å². The second-order valence-corrected chi connectivity index (χ2v) is 6.64. The smallest absolute Gasteiger partial charge is 0.246 e. The molecule has 5 heteroatoms. The first-order valence-corrected chi connectivity index (χ1v) is 8.56. The van der Waals surface area contributed by atoms with Gasteiger partial charge in [0.05, 0.1) is 18.8 Å². The third kappa shape index (κ3) is 2.38. The molecule has 2 aliphatic heterocycles.